The van der Waals surface area contributed by atoms with Crippen LogP contribution in [0.25, 0.3) is 0 Å². The van der Waals surface area contributed by atoms with E-state index in [0.29, 0.717) is 18.5 Å². The maximum atomic E-state index is 11.7. The van der Waals surface area contributed by atoms with Crippen LogP contribution in [0.5, 0.6) is 0 Å². The summed E-state index contributed by atoms with van der Waals surface area (Å²) in [4.78, 5) is 16.3. The number of nitrogens with zero attached hydrogens (tertiary/aromatic N) is 2. The number of piperidine rings is 1. The first-order valence-corrected chi connectivity index (χ1v) is 10.1. The highest BCUT2D eigenvalue weighted by Gasteiger charge is 2.46. The molecule has 0 unspecified atom stereocenters. The predicted molar refractivity (Wildman–Crippen MR) is 108 cm³/mol. The van der Waals surface area contributed by atoms with E-state index in [2.05, 4.69) is 9.80 Å². The van der Waals surface area contributed by atoms with E-state index in [1.165, 1.54) is 12.8 Å². The van der Waals surface area contributed by atoms with Crippen LogP contribution in [0.2, 0.25) is 0 Å². The molecule has 2 N–H and O–H groups in total. The van der Waals surface area contributed by atoms with Gasteiger partial charge < -0.3 is 10.2 Å². The largest absolute Gasteiger partial charge is 0.478 e. The lowest BCUT2D eigenvalue weighted by molar-refractivity contribution is -0.0959. The zero-order valence-electron chi connectivity index (χ0n) is 16.1. The molecule has 2 aliphatic heterocycles. The molecule has 2 saturated heterocycles. The van der Waals surface area contributed by atoms with Gasteiger partial charge in [-0.25, -0.2) is 4.79 Å². The zero-order valence-corrected chi connectivity index (χ0v) is 16.1. The van der Waals surface area contributed by atoms with Gasteiger partial charge in [-0.05, 0) is 49.5 Å². The summed E-state index contributed by atoms with van der Waals surface area (Å²) in [5.41, 5.74) is 1.32. The summed E-state index contributed by atoms with van der Waals surface area (Å²) in [5.74, 6) is -0.885. The van der Waals surface area contributed by atoms with Crippen LogP contribution < -0.4 is 0 Å². The number of hydrogen-bond acceptors (Lipinski definition) is 4. The molecule has 0 amide bonds. The summed E-state index contributed by atoms with van der Waals surface area (Å²) in [7, 11) is 0. The average molecular weight is 380 g/mol. The number of benzene rings is 2. The van der Waals surface area contributed by atoms with Crippen molar-refractivity contribution in [3.8, 4) is 0 Å². The lowest BCUT2D eigenvalue weighted by Gasteiger charge is -2.48. The summed E-state index contributed by atoms with van der Waals surface area (Å²) in [6.07, 6.45) is 2.99. The van der Waals surface area contributed by atoms with E-state index in [-0.39, 0.29) is 6.04 Å². The Morgan fingerprint density at radius 3 is 2.39 bits per heavy atom. The molecule has 2 aliphatic rings. The topological polar surface area (TPSA) is 64.0 Å². The van der Waals surface area contributed by atoms with Crippen molar-refractivity contribution in [2.45, 2.75) is 37.5 Å². The minimum atomic E-state index is -0.885. The highest BCUT2D eigenvalue weighted by Crippen LogP contribution is 2.37. The first-order valence-electron chi connectivity index (χ1n) is 10.1. The van der Waals surface area contributed by atoms with Gasteiger partial charge in [-0.1, -0.05) is 48.5 Å². The number of rotatable bonds is 5. The van der Waals surface area contributed by atoms with Crippen molar-refractivity contribution in [1.29, 1.82) is 0 Å². The fourth-order valence-corrected chi connectivity index (χ4v) is 4.77. The Hall–Kier alpha value is -2.21. The predicted octanol–water partition coefficient (Wildman–Crippen LogP) is 2.94. The molecule has 0 aromatic heterocycles. The van der Waals surface area contributed by atoms with E-state index in [1.807, 2.05) is 42.5 Å². The third-order valence-electron chi connectivity index (χ3n) is 6.29. The second-order valence-electron chi connectivity index (χ2n) is 8.00. The number of carboxylic acid groups (broad SMARTS) is 1. The van der Waals surface area contributed by atoms with Gasteiger partial charge in [0.1, 0.15) is 5.60 Å². The Kier molecular flexibility index (Phi) is 5.49. The van der Waals surface area contributed by atoms with Crippen LogP contribution in [0.3, 0.4) is 0 Å². The normalized spacial score (nSPS) is 26.4. The lowest BCUT2D eigenvalue weighted by Crippen LogP contribution is -2.60. The van der Waals surface area contributed by atoms with Crippen molar-refractivity contribution >= 4 is 5.97 Å². The van der Waals surface area contributed by atoms with Gasteiger partial charge in [-0.2, -0.15) is 0 Å². The van der Waals surface area contributed by atoms with Crippen molar-refractivity contribution in [2.75, 3.05) is 26.2 Å². The molecule has 2 aromatic rings. The molecule has 0 spiro atoms. The van der Waals surface area contributed by atoms with Crippen molar-refractivity contribution in [1.82, 2.24) is 9.80 Å². The molecule has 2 atom stereocenters. The Bertz CT molecular complexity index is 820. The zero-order chi connectivity index (χ0) is 19.6. The SMILES string of the molecule is O=C(O)c1ccccc1CN1CC[C@](O)(c2ccccc2)[C@H](N2CCCC2)C1. The summed E-state index contributed by atoms with van der Waals surface area (Å²) in [6.45, 7) is 4.10. The van der Waals surface area contributed by atoms with E-state index in [1.54, 1.807) is 12.1 Å². The van der Waals surface area contributed by atoms with E-state index >= 15 is 0 Å². The molecule has 0 radical (unpaired) electrons. The van der Waals surface area contributed by atoms with Crippen LogP contribution >= 0.6 is 0 Å². The summed E-state index contributed by atoms with van der Waals surface area (Å²) < 4.78 is 0. The molecule has 2 fully saturated rings. The Labute approximate surface area is 166 Å². The highest BCUT2D eigenvalue weighted by molar-refractivity contribution is 5.89. The molecule has 2 heterocycles. The van der Waals surface area contributed by atoms with E-state index in [4.69, 9.17) is 0 Å². The molecule has 2 aromatic carbocycles. The molecule has 5 nitrogen and oxygen atoms in total. The Morgan fingerprint density at radius 1 is 1.00 bits per heavy atom. The Balaban J connectivity index is 1.59. The molecule has 0 aliphatic carbocycles. The molecular formula is C23H28N2O3. The number of aliphatic hydroxyl groups is 1. The van der Waals surface area contributed by atoms with Crippen LogP contribution in [-0.2, 0) is 12.1 Å². The monoisotopic (exact) mass is 380 g/mol. The van der Waals surface area contributed by atoms with E-state index in [0.717, 1.165) is 37.3 Å². The molecule has 4 rings (SSSR count). The number of hydrogen-bond donors (Lipinski definition) is 2. The van der Waals surface area contributed by atoms with Crippen molar-refractivity contribution in [2.24, 2.45) is 0 Å². The number of aromatic carboxylic acids is 1. The first-order chi connectivity index (χ1) is 13.6. The van der Waals surface area contributed by atoms with Gasteiger partial charge >= 0.3 is 5.97 Å². The standard InChI is InChI=1S/C23H28N2O3/c26-22(27)20-11-5-4-8-18(20)16-24-15-12-23(28,19-9-2-1-3-10-19)21(17-24)25-13-6-7-14-25/h1-5,8-11,21,28H,6-7,12-17H2,(H,26,27)/t21-,23+/m1/s1. The first kappa shape index (κ1) is 19.1. The van der Waals surface area contributed by atoms with Crippen LogP contribution in [0.4, 0.5) is 0 Å². The number of likely N-dealkylation sites (tertiary alicyclic amines) is 2. The van der Waals surface area contributed by atoms with Crippen molar-refractivity contribution in [3.63, 3.8) is 0 Å². The maximum Gasteiger partial charge on any atom is 0.336 e. The fraction of sp³-hybridized carbons (Fsp3) is 0.435. The van der Waals surface area contributed by atoms with Crippen molar-refractivity contribution in [3.05, 3.63) is 71.3 Å². The van der Waals surface area contributed by atoms with Crippen LogP contribution in [-0.4, -0.2) is 58.2 Å². The maximum absolute atomic E-state index is 11.7. The summed E-state index contributed by atoms with van der Waals surface area (Å²) in [6, 6.07) is 17.3. The molecule has 148 valence electrons. The fourth-order valence-electron chi connectivity index (χ4n) is 4.77. The lowest BCUT2D eigenvalue weighted by atomic mass is 9.79. The van der Waals surface area contributed by atoms with Gasteiger partial charge in [0.05, 0.1) is 11.6 Å². The van der Waals surface area contributed by atoms with Gasteiger partial charge in [0.2, 0.25) is 0 Å². The highest BCUT2D eigenvalue weighted by atomic mass is 16.4. The summed E-state index contributed by atoms with van der Waals surface area (Å²) >= 11 is 0. The van der Waals surface area contributed by atoms with Crippen LogP contribution in [0.15, 0.2) is 54.6 Å². The van der Waals surface area contributed by atoms with Crippen LogP contribution in [0.1, 0.15) is 40.7 Å². The minimum Gasteiger partial charge on any atom is -0.478 e. The van der Waals surface area contributed by atoms with Crippen molar-refractivity contribution < 1.29 is 15.0 Å². The minimum absolute atomic E-state index is 0.0168. The Morgan fingerprint density at radius 2 is 1.68 bits per heavy atom. The molecular weight excluding hydrogens is 352 g/mol. The van der Waals surface area contributed by atoms with Gasteiger partial charge in [0.25, 0.3) is 0 Å². The third-order valence-corrected chi connectivity index (χ3v) is 6.29. The van der Waals surface area contributed by atoms with E-state index < -0.39 is 11.6 Å². The molecule has 0 saturated carbocycles. The smallest absolute Gasteiger partial charge is 0.336 e. The van der Waals surface area contributed by atoms with Gasteiger partial charge in [0.15, 0.2) is 0 Å². The van der Waals surface area contributed by atoms with Gasteiger partial charge in [-0.3, -0.25) is 9.80 Å². The molecule has 0 bridgehead atoms. The average Bonchev–Trinajstić information content (AvgIpc) is 3.25. The second-order valence-corrected chi connectivity index (χ2v) is 8.00. The molecule has 28 heavy (non-hydrogen) atoms. The van der Waals surface area contributed by atoms with Gasteiger partial charge in [0, 0.05) is 19.6 Å². The third kappa shape index (κ3) is 3.70. The second kappa shape index (κ2) is 8.03. The summed E-state index contributed by atoms with van der Waals surface area (Å²) in [5, 5.41) is 21.2. The number of carbonyl (C=O) groups is 1. The van der Waals surface area contributed by atoms with E-state index in [9.17, 15) is 15.0 Å². The van der Waals surface area contributed by atoms with Crippen LogP contribution in [0, 0.1) is 0 Å². The van der Waals surface area contributed by atoms with Gasteiger partial charge in [-0.15, -0.1) is 0 Å². The molecule has 5 heteroatoms. The number of carboxylic acids is 1. The quantitative estimate of drug-likeness (QED) is 0.835.